The van der Waals surface area contributed by atoms with Crippen LogP contribution in [0.4, 0.5) is 0 Å². The van der Waals surface area contributed by atoms with E-state index < -0.39 is 0 Å². The van der Waals surface area contributed by atoms with Crippen LogP contribution in [-0.4, -0.2) is 35.1 Å². The summed E-state index contributed by atoms with van der Waals surface area (Å²) in [6.07, 6.45) is 5.41. The molecule has 3 rings (SSSR count). The van der Waals surface area contributed by atoms with Gasteiger partial charge in [-0.1, -0.05) is 0 Å². The molecule has 0 radical (unpaired) electrons. The number of hydrogen-bond donors (Lipinski definition) is 2. The summed E-state index contributed by atoms with van der Waals surface area (Å²) in [5.41, 5.74) is 3.78. The summed E-state index contributed by atoms with van der Waals surface area (Å²) in [5.74, 6) is 1.20. The lowest BCUT2D eigenvalue weighted by Crippen LogP contribution is -2.16. The number of hydrogen-bond acceptors (Lipinski definition) is 3. The first-order valence-corrected chi connectivity index (χ1v) is 6.65. The maximum Gasteiger partial charge on any atom is 0.0688 e. The van der Waals surface area contributed by atoms with Crippen molar-refractivity contribution in [2.45, 2.75) is 43.9 Å². The standard InChI is InChI=1S/C13H20N2O2/c16-6-3-11-12(9-1-2-9)14-15-13(11)10-4-7-17-8-5-10/h9-10,16H,1-8H2,(H,14,15). The molecule has 1 saturated carbocycles. The zero-order valence-corrected chi connectivity index (χ0v) is 10.1. The Labute approximate surface area is 101 Å². The molecule has 2 aliphatic rings. The van der Waals surface area contributed by atoms with E-state index >= 15 is 0 Å². The molecule has 2 fully saturated rings. The molecule has 4 nitrogen and oxygen atoms in total. The Balaban J connectivity index is 1.86. The summed E-state index contributed by atoms with van der Waals surface area (Å²) in [5, 5.41) is 16.9. The number of aliphatic hydroxyl groups is 1. The molecule has 0 aromatic carbocycles. The van der Waals surface area contributed by atoms with Crippen molar-refractivity contribution in [1.29, 1.82) is 0 Å². The monoisotopic (exact) mass is 236 g/mol. The van der Waals surface area contributed by atoms with E-state index in [-0.39, 0.29) is 6.61 Å². The van der Waals surface area contributed by atoms with Crippen molar-refractivity contribution in [2.75, 3.05) is 19.8 Å². The van der Waals surface area contributed by atoms with Crippen LogP contribution in [0.25, 0.3) is 0 Å². The first-order chi connectivity index (χ1) is 8.40. The zero-order chi connectivity index (χ0) is 11.7. The highest BCUT2D eigenvalue weighted by Crippen LogP contribution is 2.43. The number of aromatic amines is 1. The second-order valence-electron chi connectivity index (χ2n) is 5.14. The molecule has 4 heteroatoms. The van der Waals surface area contributed by atoms with Crippen molar-refractivity contribution >= 4 is 0 Å². The summed E-state index contributed by atoms with van der Waals surface area (Å²) in [4.78, 5) is 0. The van der Waals surface area contributed by atoms with Crippen LogP contribution in [0, 0.1) is 0 Å². The maximum atomic E-state index is 9.22. The van der Waals surface area contributed by atoms with Crippen LogP contribution >= 0.6 is 0 Å². The molecule has 0 atom stereocenters. The Morgan fingerprint density at radius 1 is 1.18 bits per heavy atom. The zero-order valence-electron chi connectivity index (χ0n) is 10.1. The van der Waals surface area contributed by atoms with Gasteiger partial charge in [0.25, 0.3) is 0 Å². The average molecular weight is 236 g/mol. The average Bonchev–Trinajstić information content (AvgIpc) is 3.13. The Morgan fingerprint density at radius 3 is 2.59 bits per heavy atom. The third-order valence-corrected chi connectivity index (χ3v) is 3.89. The minimum absolute atomic E-state index is 0.218. The van der Waals surface area contributed by atoms with Crippen LogP contribution in [0.3, 0.4) is 0 Å². The van der Waals surface area contributed by atoms with Gasteiger partial charge in [0.15, 0.2) is 0 Å². The second kappa shape index (κ2) is 4.78. The highest BCUT2D eigenvalue weighted by molar-refractivity contribution is 5.33. The van der Waals surface area contributed by atoms with E-state index in [2.05, 4.69) is 10.2 Å². The van der Waals surface area contributed by atoms with Crippen LogP contribution in [0.15, 0.2) is 0 Å². The van der Waals surface area contributed by atoms with Gasteiger partial charge < -0.3 is 9.84 Å². The lowest BCUT2D eigenvalue weighted by molar-refractivity contribution is 0.0843. The van der Waals surface area contributed by atoms with Gasteiger partial charge in [0.2, 0.25) is 0 Å². The predicted octanol–water partition coefficient (Wildman–Crippen LogP) is 1.72. The number of rotatable bonds is 4. The lowest BCUT2D eigenvalue weighted by Gasteiger charge is -2.22. The number of nitrogens with zero attached hydrogens (tertiary/aromatic N) is 1. The normalized spacial score (nSPS) is 21.9. The summed E-state index contributed by atoms with van der Waals surface area (Å²) < 4.78 is 5.40. The van der Waals surface area contributed by atoms with Gasteiger partial charge in [-0.15, -0.1) is 0 Å². The van der Waals surface area contributed by atoms with Crippen molar-refractivity contribution in [3.63, 3.8) is 0 Å². The summed E-state index contributed by atoms with van der Waals surface area (Å²) in [6, 6.07) is 0. The minimum atomic E-state index is 0.218. The van der Waals surface area contributed by atoms with E-state index in [9.17, 15) is 5.11 Å². The van der Waals surface area contributed by atoms with E-state index in [1.165, 1.54) is 29.8 Å². The summed E-state index contributed by atoms with van der Waals surface area (Å²) >= 11 is 0. The number of ether oxygens (including phenoxy) is 1. The number of nitrogens with one attached hydrogen (secondary N) is 1. The largest absolute Gasteiger partial charge is 0.396 e. The third-order valence-electron chi connectivity index (χ3n) is 3.89. The van der Waals surface area contributed by atoms with Crippen molar-refractivity contribution < 1.29 is 9.84 Å². The van der Waals surface area contributed by atoms with Crippen molar-refractivity contribution in [1.82, 2.24) is 10.2 Å². The number of H-pyrrole nitrogens is 1. The third kappa shape index (κ3) is 2.24. The van der Waals surface area contributed by atoms with Crippen LogP contribution in [0.5, 0.6) is 0 Å². The van der Waals surface area contributed by atoms with Gasteiger partial charge in [0, 0.05) is 37.4 Å². The van der Waals surface area contributed by atoms with Crippen LogP contribution < -0.4 is 0 Å². The highest BCUT2D eigenvalue weighted by atomic mass is 16.5. The van der Waals surface area contributed by atoms with Gasteiger partial charge in [-0.05, 0) is 37.7 Å². The van der Waals surface area contributed by atoms with Crippen LogP contribution in [-0.2, 0) is 11.2 Å². The van der Waals surface area contributed by atoms with E-state index in [1.807, 2.05) is 0 Å². The molecule has 17 heavy (non-hydrogen) atoms. The van der Waals surface area contributed by atoms with Gasteiger partial charge in [-0.2, -0.15) is 5.10 Å². The lowest BCUT2D eigenvalue weighted by atomic mass is 9.91. The fourth-order valence-corrected chi connectivity index (χ4v) is 2.79. The molecule has 0 bridgehead atoms. The van der Waals surface area contributed by atoms with Crippen molar-refractivity contribution in [2.24, 2.45) is 0 Å². The molecule has 2 N–H and O–H groups in total. The molecule has 0 amide bonds. The van der Waals surface area contributed by atoms with Crippen molar-refractivity contribution in [3.05, 3.63) is 17.0 Å². The molecule has 0 unspecified atom stereocenters. The Morgan fingerprint density at radius 2 is 1.94 bits per heavy atom. The second-order valence-corrected chi connectivity index (χ2v) is 5.14. The first kappa shape index (κ1) is 11.2. The molecule has 1 aromatic heterocycles. The summed E-state index contributed by atoms with van der Waals surface area (Å²) in [6.45, 7) is 1.91. The molecule has 1 aromatic rings. The molecule has 1 saturated heterocycles. The molecule has 2 heterocycles. The Bertz CT molecular complexity index is 379. The number of aromatic nitrogens is 2. The molecule has 94 valence electrons. The van der Waals surface area contributed by atoms with E-state index in [1.54, 1.807) is 0 Å². The van der Waals surface area contributed by atoms with Gasteiger partial charge in [0.05, 0.1) is 5.69 Å². The van der Waals surface area contributed by atoms with Gasteiger partial charge >= 0.3 is 0 Å². The van der Waals surface area contributed by atoms with Crippen LogP contribution in [0.1, 0.15) is 54.5 Å². The van der Waals surface area contributed by atoms with Crippen LogP contribution in [0.2, 0.25) is 0 Å². The van der Waals surface area contributed by atoms with Crippen molar-refractivity contribution in [3.8, 4) is 0 Å². The molecule has 0 spiro atoms. The van der Waals surface area contributed by atoms with Gasteiger partial charge in [-0.3, -0.25) is 5.10 Å². The van der Waals surface area contributed by atoms with E-state index in [0.29, 0.717) is 11.8 Å². The topological polar surface area (TPSA) is 58.1 Å². The predicted molar refractivity (Wildman–Crippen MR) is 64.1 cm³/mol. The minimum Gasteiger partial charge on any atom is -0.396 e. The van der Waals surface area contributed by atoms with Gasteiger partial charge in [-0.25, -0.2) is 0 Å². The maximum absolute atomic E-state index is 9.22. The smallest absolute Gasteiger partial charge is 0.0688 e. The van der Waals surface area contributed by atoms with E-state index in [4.69, 9.17) is 4.74 Å². The molecule has 1 aliphatic carbocycles. The molecule has 1 aliphatic heterocycles. The Kier molecular flexibility index (Phi) is 3.16. The van der Waals surface area contributed by atoms with E-state index in [0.717, 1.165) is 32.5 Å². The molecular formula is C13H20N2O2. The summed E-state index contributed by atoms with van der Waals surface area (Å²) in [7, 11) is 0. The highest BCUT2D eigenvalue weighted by Gasteiger charge is 2.31. The SMILES string of the molecule is OCCc1c(C2CC2)n[nH]c1C1CCOCC1. The Hall–Kier alpha value is -0.870. The van der Waals surface area contributed by atoms with Gasteiger partial charge in [0.1, 0.15) is 0 Å². The number of aliphatic hydroxyl groups excluding tert-OH is 1. The molecular weight excluding hydrogens is 216 g/mol. The quantitative estimate of drug-likeness (QED) is 0.836. The first-order valence-electron chi connectivity index (χ1n) is 6.65. The fourth-order valence-electron chi connectivity index (χ4n) is 2.79. The fraction of sp³-hybridized carbons (Fsp3) is 0.769.